The number of amides is 2. The molecule has 0 aliphatic carbocycles. The maximum atomic E-state index is 11.9. The molecule has 0 radical (unpaired) electrons. The molecule has 0 rings (SSSR count). The Kier molecular flexibility index (Phi) is 4.93. The first-order chi connectivity index (χ1) is 7.19. The lowest BCUT2D eigenvalue weighted by atomic mass is 9.85. The Labute approximate surface area is 96.9 Å². The van der Waals surface area contributed by atoms with Crippen LogP contribution in [0.15, 0.2) is 0 Å². The van der Waals surface area contributed by atoms with E-state index in [1.54, 1.807) is 20.8 Å². The van der Waals surface area contributed by atoms with Crippen LogP contribution in [-0.2, 0) is 9.59 Å². The van der Waals surface area contributed by atoms with Gasteiger partial charge in [0, 0.05) is 13.1 Å². The van der Waals surface area contributed by atoms with Crippen LogP contribution in [0.4, 0.5) is 0 Å². The van der Waals surface area contributed by atoms with Crippen molar-refractivity contribution >= 4 is 11.8 Å². The van der Waals surface area contributed by atoms with Gasteiger partial charge in [-0.15, -0.1) is 0 Å². The highest BCUT2D eigenvalue weighted by Crippen LogP contribution is 2.20. The molecule has 5 heteroatoms. The van der Waals surface area contributed by atoms with Crippen molar-refractivity contribution in [2.45, 2.75) is 34.1 Å². The molecule has 0 heterocycles. The molecular formula is C11H23N3O2. The fraction of sp³-hybridized carbons (Fsp3) is 0.818. The Morgan fingerprint density at radius 1 is 1.25 bits per heavy atom. The molecule has 5 N–H and O–H groups in total. The molecule has 0 saturated heterocycles. The van der Waals surface area contributed by atoms with E-state index in [1.807, 2.05) is 6.92 Å². The predicted octanol–water partition coefficient (Wildman–Crippen LogP) is -0.0109. The summed E-state index contributed by atoms with van der Waals surface area (Å²) in [6, 6.07) is 0. The van der Waals surface area contributed by atoms with E-state index in [1.165, 1.54) is 0 Å². The molecule has 0 bridgehead atoms. The van der Waals surface area contributed by atoms with Crippen molar-refractivity contribution < 1.29 is 9.59 Å². The van der Waals surface area contributed by atoms with Gasteiger partial charge in [-0.25, -0.2) is 0 Å². The second-order valence-corrected chi connectivity index (χ2v) is 5.05. The van der Waals surface area contributed by atoms with E-state index in [2.05, 4.69) is 5.32 Å². The smallest absolute Gasteiger partial charge is 0.227 e. The predicted molar refractivity (Wildman–Crippen MR) is 63.4 cm³/mol. The standard InChI is InChI=1S/C11H23N3O2/c1-5-11(4,6-12)9(16)14-7-10(2,3)8(13)15/h5-7,12H2,1-4H3,(H2,13,15)(H,14,16). The van der Waals surface area contributed by atoms with Crippen LogP contribution in [-0.4, -0.2) is 24.9 Å². The number of carbonyl (C=O) groups excluding carboxylic acids is 2. The quantitative estimate of drug-likeness (QED) is 0.597. The summed E-state index contributed by atoms with van der Waals surface area (Å²) in [5.74, 6) is -0.564. The van der Waals surface area contributed by atoms with Gasteiger partial charge in [-0.3, -0.25) is 9.59 Å². The molecule has 16 heavy (non-hydrogen) atoms. The summed E-state index contributed by atoms with van der Waals surface area (Å²) in [6.45, 7) is 7.62. The van der Waals surface area contributed by atoms with Crippen LogP contribution in [0.1, 0.15) is 34.1 Å². The van der Waals surface area contributed by atoms with Crippen LogP contribution in [0.5, 0.6) is 0 Å². The lowest BCUT2D eigenvalue weighted by Gasteiger charge is -2.28. The average Bonchev–Trinajstić information content (AvgIpc) is 2.24. The molecule has 94 valence electrons. The first-order valence-corrected chi connectivity index (χ1v) is 5.48. The van der Waals surface area contributed by atoms with Gasteiger partial charge in [0.25, 0.3) is 0 Å². The third-order valence-corrected chi connectivity index (χ3v) is 3.14. The van der Waals surface area contributed by atoms with Crippen molar-refractivity contribution in [3.63, 3.8) is 0 Å². The first-order valence-electron chi connectivity index (χ1n) is 5.48. The average molecular weight is 229 g/mol. The Bertz CT molecular complexity index is 270. The molecule has 0 aromatic heterocycles. The van der Waals surface area contributed by atoms with Crippen molar-refractivity contribution in [3.8, 4) is 0 Å². The third-order valence-electron chi connectivity index (χ3n) is 3.14. The van der Waals surface area contributed by atoms with E-state index in [-0.39, 0.29) is 19.0 Å². The molecule has 0 aliphatic heterocycles. The minimum absolute atomic E-state index is 0.133. The summed E-state index contributed by atoms with van der Waals surface area (Å²) in [7, 11) is 0. The minimum Gasteiger partial charge on any atom is -0.369 e. The van der Waals surface area contributed by atoms with E-state index in [0.29, 0.717) is 6.42 Å². The van der Waals surface area contributed by atoms with Gasteiger partial charge < -0.3 is 16.8 Å². The molecular weight excluding hydrogens is 206 g/mol. The fourth-order valence-corrected chi connectivity index (χ4v) is 0.999. The van der Waals surface area contributed by atoms with Crippen LogP contribution in [0.25, 0.3) is 0 Å². The Morgan fingerprint density at radius 3 is 2.06 bits per heavy atom. The minimum atomic E-state index is -0.737. The molecule has 0 fully saturated rings. The number of nitrogens with two attached hydrogens (primary N) is 2. The second-order valence-electron chi connectivity index (χ2n) is 5.05. The zero-order chi connectivity index (χ0) is 13.0. The Hall–Kier alpha value is -1.10. The number of rotatable bonds is 6. The fourth-order valence-electron chi connectivity index (χ4n) is 0.999. The SMILES string of the molecule is CCC(C)(CN)C(=O)NCC(C)(C)C(N)=O. The summed E-state index contributed by atoms with van der Waals surface area (Å²) >= 11 is 0. The highest BCUT2D eigenvalue weighted by atomic mass is 16.2. The monoisotopic (exact) mass is 229 g/mol. The van der Waals surface area contributed by atoms with Crippen LogP contribution >= 0.6 is 0 Å². The van der Waals surface area contributed by atoms with E-state index >= 15 is 0 Å². The zero-order valence-electron chi connectivity index (χ0n) is 10.6. The van der Waals surface area contributed by atoms with E-state index in [9.17, 15) is 9.59 Å². The van der Waals surface area contributed by atoms with Crippen LogP contribution in [0.3, 0.4) is 0 Å². The molecule has 0 aromatic carbocycles. The molecule has 1 unspecified atom stereocenters. The second kappa shape index (κ2) is 5.30. The van der Waals surface area contributed by atoms with Crippen molar-refractivity contribution in [3.05, 3.63) is 0 Å². The lowest BCUT2D eigenvalue weighted by molar-refractivity contribution is -0.131. The van der Waals surface area contributed by atoms with Crippen LogP contribution in [0.2, 0.25) is 0 Å². The number of primary amides is 1. The van der Waals surface area contributed by atoms with Gasteiger partial charge in [-0.05, 0) is 27.2 Å². The molecule has 0 aromatic rings. The molecule has 0 spiro atoms. The van der Waals surface area contributed by atoms with Gasteiger partial charge in [0.05, 0.1) is 10.8 Å². The number of hydrogen-bond donors (Lipinski definition) is 3. The maximum Gasteiger partial charge on any atom is 0.227 e. The molecule has 5 nitrogen and oxygen atoms in total. The highest BCUT2D eigenvalue weighted by molar-refractivity contribution is 5.84. The topological polar surface area (TPSA) is 98.2 Å². The largest absolute Gasteiger partial charge is 0.369 e. The molecule has 0 aliphatic rings. The number of hydrogen-bond acceptors (Lipinski definition) is 3. The van der Waals surface area contributed by atoms with E-state index in [4.69, 9.17) is 11.5 Å². The first kappa shape index (κ1) is 14.9. The summed E-state index contributed by atoms with van der Waals surface area (Å²) < 4.78 is 0. The summed E-state index contributed by atoms with van der Waals surface area (Å²) in [5, 5.41) is 2.73. The normalized spacial score (nSPS) is 15.3. The van der Waals surface area contributed by atoms with Crippen molar-refractivity contribution in [1.82, 2.24) is 5.32 Å². The zero-order valence-corrected chi connectivity index (χ0v) is 10.6. The van der Waals surface area contributed by atoms with E-state index < -0.39 is 16.7 Å². The lowest BCUT2D eigenvalue weighted by Crippen LogP contribution is -2.48. The van der Waals surface area contributed by atoms with Gasteiger partial charge >= 0.3 is 0 Å². The highest BCUT2D eigenvalue weighted by Gasteiger charge is 2.32. The summed E-state index contributed by atoms with van der Waals surface area (Å²) in [6.07, 6.45) is 0.659. The van der Waals surface area contributed by atoms with E-state index in [0.717, 1.165) is 0 Å². The van der Waals surface area contributed by atoms with Gasteiger partial charge in [0.1, 0.15) is 0 Å². The molecule has 1 atom stereocenters. The van der Waals surface area contributed by atoms with Gasteiger partial charge in [0.2, 0.25) is 11.8 Å². The van der Waals surface area contributed by atoms with Crippen LogP contribution < -0.4 is 16.8 Å². The maximum absolute atomic E-state index is 11.9. The molecule has 2 amide bonds. The van der Waals surface area contributed by atoms with Gasteiger partial charge in [-0.1, -0.05) is 6.92 Å². The third kappa shape index (κ3) is 3.48. The van der Waals surface area contributed by atoms with Gasteiger partial charge in [-0.2, -0.15) is 0 Å². The van der Waals surface area contributed by atoms with Crippen LogP contribution in [0, 0.1) is 10.8 Å². The van der Waals surface area contributed by atoms with Gasteiger partial charge in [0.15, 0.2) is 0 Å². The Balaban J connectivity index is 4.43. The number of carbonyl (C=O) groups is 2. The van der Waals surface area contributed by atoms with Crippen molar-refractivity contribution in [1.29, 1.82) is 0 Å². The number of nitrogens with one attached hydrogen (secondary N) is 1. The van der Waals surface area contributed by atoms with Crippen molar-refractivity contribution in [2.75, 3.05) is 13.1 Å². The Morgan fingerprint density at radius 2 is 1.75 bits per heavy atom. The summed E-state index contributed by atoms with van der Waals surface area (Å²) in [5.41, 5.74) is 9.47. The molecule has 0 saturated carbocycles. The van der Waals surface area contributed by atoms with Crippen molar-refractivity contribution in [2.24, 2.45) is 22.3 Å². The summed E-state index contributed by atoms with van der Waals surface area (Å²) in [4.78, 5) is 22.9.